The molecular formula is C14H18FN3O. The number of ether oxygens (including phenoxy) is 1. The molecule has 2 rings (SSSR count). The monoisotopic (exact) mass is 263 g/mol. The van der Waals surface area contributed by atoms with Crippen LogP contribution in [-0.4, -0.2) is 16.9 Å². The fraction of sp³-hybridized carbons (Fsp3) is 0.357. The van der Waals surface area contributed by atoms with Crippen LogP contribution in [0.1, 0.15) is 29.8 Å². The smallest absolute Gasteiger partial charge is 0.161 e. The Labute approximate surface area is 112 Å². The summed E-state index contributed by atoms with van der Waals surface area (Å²) in [5, 5.41) is 4.23. The summed E-state index contributed by atoms with van der Waals surface area (Å²) in [6, 6.07) is 4.49. The van der Waals surface area contributed by atoms with Crippen LogP contribution in [-0.2, 0) is 6.54 Å². The molecular weight excluding hydrogens is 245 g/mol. The van der Waals surface area contributed by atoms with E-state index in [0.717, 1.165) is 11.3 Å². The Balaban J connectivity index is 2.45. The van der Waals surface area contributed by atoms with Gasteiger partial charge in [-0.2, -0.15) is 5.10 Å². The van der Waals surface area contributed by atoms with Crippen molar-refractivity contribution in [2.24, 2.45) is 5.73 Å². The molecule has 1 aromatic heterocycles. The Morgan fingerprint density at radius 1 is 1.47 bits per heavy atom. The lowest BCUT2D eigenvalue weighted by Gasteiger charge is -2.16. The zero-order valence-corrected chi connectivity index (χ0v) is 11.4. The van der Waals surface area contributed by atoms with Gasteiger partial charge >= 0.3 is 0 Å². The third-order valence-corrected chi connectivity index (χ3v) is 3.20. The Kier molecular flexibility index (Phi) is 3.85. The van der Waals surface area contributed by atoms with Crippen LogP contribution in [0.25, 0.3) is 0 Å². The summed E-state index contributed by atoms with van der Waals surface area (Å²) in [6.07, 6.45) is 1.65. The van der Waals surface area contributed by atoms with Crippen LogP contribution in [0, 0.1) is 12.7 Å². The molecule has 0 amide bonds. The van der Waals surface area contributed by atoms with Gasteiger partial charge in [-0.1, -0.05) is 12.1 Å². The van der Waals surface area contributed by atoms with E-state index in [4.69, 9.17) is 10.5 Å². The van der Waals surface area contributed by atoms with Crippen molar-refractivity contribution in [3.05, 3.63) is 47.0 Å². The highest BCUT2D eigenvalue weighted by Gasteiger charge is 2.20. The number of hydrogen-bond acceptors (Lipinski definition) is 3. The van der Waals surface area contributed by atoms with Crippen molar-refractivity contribution < 1.29 is 9.13 Å². The maximum Gasteiger partial charge on any atom is 0.161 e. The molecule has 19 heavy (non-hydrogen) atoms. The molecule has 4 nitrogen and oxygen atoms in total. The molecule has 0 aliphatic rings. The van der Waals surface area contributed by atoms with E-state index < -0.39 is 6.04 Å². The van der Waals surface area contributed by atoms with Gasteiger partial charge in [-0.15, -0.1) is 0 Å². The van der Waals surface area contributed by atoms with Gasteiger partial charge in [0.2, 0.25) is 0 Å². The van der Waals surface area contributed by atoms with Crippen molar-refractivity contribution >= 4 is 0 Å². The summed E-state index contributed by atoms with van der Waals surface area (Å²) in [6.45, 7) is 4.41. The second kappa shape index (κ2) is 5.40. The number of halogens is 1. The van der Waals surface area contributed by atoms with E-state index in [1.54, 1.807) is 37.0 Å². The van der Waals surface area contributed by atoms with E-state index in [2.05, 4.69) is 5.10 Å². The van der Waals surface area contributed by atoms with E-state index in [-0.39, 0.29) is 5.82 Å². The number of hydrogen-bond donors (Lipinski definition) is 1. The summed E-state index contributed by atoms with van der Waals surface area (Å²) in [5.74, 6) is 0.420. The lowest BCUT2D eigenvalue weighted by Crippen LogP contribution is -2.18. The first-order chi connectivity index (χ1) is 9.08. The third-order valence-electron chi connectivity index (χ3n) is 3.20. The zero-order chi connectivity index (χ0) is 14.0. The molecule has 2 N–H and O–H groups in total. The van der Waals surface area contributed by atoms with Crippen molar-refractivity contribution in [1.82, 2.24) is 9.78 Å². The Morgan fingerprint density at radius 2 is 2.21 bits per heavy atom. The van der Waals surface area contributed by atoms with Crippen LogP contribution >= 0.6 is 0 Å². The van der Waals surface area contributed by atoms with Crippen molar-refractivity contribution in [2.45, 2.75) is 26.4 Å². The number of nitrogens with zero attached hydrogens (tertiary/aromatic N) is 2. The molecule has 0 saturated heterocycles. The van der Waals surface area contributed by atoms with Gasteiger partial charge < -0.3 is 10.5 Å². The zero-order valence-electron chi connectivity index (χ0n) is 11.4. The molecule has 0 spiro atoms. The first kappa shape index (κ1) is 13.5. The Bertz CT molecular complexity index is 559. The van der Waals surface area contributed by atoms with Gasteiger partial charge in [0.1, 0.15) is 11.5 Å². The minimum Gasteiger partial charge on any atom is -0.493 e. The molecule has 0 radical (unpaired) electrons. The summed E-state index contributed by atoms with van der Waals surface area (Å²) in [7, 11) is 1.59. The van der Waals surface area contributed by atoms with E-state index in [1.165, 1.54) is 6.07 Å². The number of aromatic nitrogens is 2. The summed E-state index contributed by atoms with van der Waals surface area (Å²) in [5.41, 5.74) is 8.49. The Morgan fingerprint density at radius 3 is 2.79 bits per heavy atom. The molecule has 2 aromatic rings. The van der Waals surface area contributed by atoms with Crippen LogP contribution in [0.3, 0.4) is 0 Å². The molecule has 1 atom stereocenters. The van der Waals surface area contributed by atoms with Gasteiger partial charge in [-0.05, 0) is 31.0 Å². The minimum atomic E-state index is -0.392. The van der Waals surface area contributed by atoms with Gasteiger partial charge in [-0.3, -0.25) is 4.68 Å². The van der Waals surface area contributed by atoms with Crippen LogP contribution in [0.2, 0.25) is 0 Å². The van der Waals surface area contributed by atoms with Crippen molar-refractivity contribution in [3.8, 4) is 5.75 Å². The summed E-state index contributed by atoms with van der Waals surface area (Å²) in [4.78, 5) is 0. The number of aryl methyl sites for hydroxylation is 2. The summed E-state index contributed by atoms with van der Waals surface area (Å²) < 4.78 is 20.4. The van der Waals surface area contributed by atoms with E-state index in [0.29, 0.717) is 17.9 Å². The minimum absolute atomic E-state index is 0.230. The number of benzene rings is 1. The first-order valence-corrected chi connectivity index (χ1v) is 6.19. The van der Waals surface area contributed by atoms with E-state index in [1.807, 2.05) is 6.92 Å². The van der Waals surface area contributed by atoms with Crippen molar-refractivity contribution in [1.29, 1.82) is 0 Å². The number of nitrogens with two attached hydrogens (primary N) is 1. The lowest BCUT2D eigenvalue weighted by molar-refractivity contribution is 0.404. The fourth-order valence-corrected chi connectivity index (χ4v) is 2.12. The molecule has 1 aromatic carbocycles. The van der Waals surface area contributed by atoms with Crippen LogP contribution in [0.15, 0.2) is 24.4 Å². The van der Waals surface area contributed by atoms with Gasteiger partial charge in [0.05, 0.1) is 19.3 Å². The third kappa shape index (κ3) is 2.46. The molecule has 1 heterocycles. The number of methoxy groups -OCH3 is 1. The second-order valence-corrected chi connectivity index (χ2v) is 4.40. The fourth-order valence-electron chi connectivity index (χ4n) is 2.12. The molecule has 0 saturated carbocycles. The molecule has 0 fully saturated rings. The normalized spacial score (nSPS) is 12.5. The molecule has 0 aliphatic heterocycles. The molecule has 5 heteroatoms. The van der Waals surface area contributed by atoms with E-state index in [9.17, 15) is 4.39 Å². The van der Waals surface area contributed by atoms with Crippen LogP contribution < -0.4 is 10.5 Å². The highest BCUT2D eigenvalue weighted by atomic mass is 19.1. The highest BCUT2D eigenvalue weighted by molar-refractivity contribution is 5.37. The maximum absolute atomic E-state index is 13.3. The predicted molar refractivity (Wildman–Crippen MR) is 71.6 cm³/mol. The van der Waals surface area contributed by atoms with Gasteiger partial charge in [0, 0.05) is 6.54 Å². The van der Waals surface area contributed by atoms with Gasteiger partial charge in [0.25, 0.3) is 0 Å². The average molecular weight is 263 g/mol. The second-order valence-electron chi connectivity index (χ2n) is 4.40. The number of rotatable bonds is 4. The van der Waals surface area contributed by atoms with Crippen molar-refractivity contribution in [3.63, 3.8) is 0 Å². The quantitative estimate of drug-likeness (QED) is 0.921. The van der Waals surface area contributed by atoms with Gasteiger partial charge in [-0.25, -0.2) is 4.39 Å². The van der Waals surface area contributed by atoms with Gasteiger partial charge in [0.15, 0.2) is 5.75 Å². The largest absolute Gasteiger partial charge is 0.493 e. The molecule has 102 valence electrons. The SMILES string of the molecule is CCn1ncc(OC)c1C(N)c1ccc(F)c(C)c1. The predicted octanol–water partition coefficient (Wildman–Crippen LogP) is 2.41. The highest BCUT2D eigenvalue weighted by Crippen LogP contribution is 2.28. The molecule has 0 aliphatic carbocycles. The topological polar surface area (TPSA) is 53.1 Å². The standard InChI is InChI=1S/C14H18FN3O/c1-4-18-14(12(19-3)8-17-18)13(16)10-5-6-11(15)9(2)7-10/h5-8,13H,4,16H2,1-3H3. The van der Waals surface area contributed by atoms with E-state index >= 15 is 0 Å². The van der Waals surface area contributed by atoms with Crippen LogP contribution in [0.5, 0.6) is 5.75 Å². The average Bonchev–Trinajstić information content (AvgIpc) is 2.83. The lowest BCUT2D eigenvalue weighted by atomic mass is 10.0. The molecule has 1 unspecified atom stereocenters. The Hall–Kier alpha value is -1.88. The summed E-state index contributed by atoms with van der Waals surface area (Å²) >= 11 is 0. The molecule has 0 bridgehead atoms. The maximum atomic E-state index is 13.3. The van der Waals surface area contributed by atoms with Crippen LogP contribution in [0.4, 0.5) is 4.39 Å². The van der Waals surface area contributed by atoms with Crippen molar-refractivity contribution in [2.75, 3.05) is 7.11 Å². The first-order valence-electron chi connectivity index (χ1n) is 6.19.